The van der Waals surface area contributed by atoms with Crippen LogP contribution < -0.4 is 10.6 Å². The van der Waals surface area contributed by atoms with Crippen LogP contribution in [0.3, 0.4) is 0 Å². The molecule has 0 aliphatic carbocycles. The summed E-state index contributed by atoms with van der Waals surface area (Å²) >= 11 is 0. The predicted octanol–water partition coefficient (Wildman–Crippen LogP) is 1.66. The van der Waals surface area contributed by atoms with Gasteiger partial charge in [-0.3, -0.25) is 0 Å². The van der Waals surface area contributed by atoms with Crippen molar-refractivity contribution in [1.82, 2.24) is 20.6 Å². The summed E-state index contributed by atoms with van der Waals surface area (Å²) in [6.07, 6.45) is 4.33. The molecule has 0 aliphatic rings. The first-order chi connectivity index (χ1) is 9.43. The number of nitrogens with one attached hydrogen (secondary N) is 3. The summed E-state index contributed by atoms with van der Waals surface area (Å²) in [5, 5.41) is 14.3. The van der Waals surface area contributed by atoms with Gasteiger partial charge in [-0.05, 0) is 18.8 Å². The molecule has 20 heavy (non-hydrogen) atoms. The normalized spacial score (nSPS) is 13.8. The number of aromatic nitrogens is 2. The minimum atomic E-state index is -1.03. The standard InChI is InChI=1S/C13H22N4O3/c1-4-9(11-14-5-6-15-11)16-13(20)17-10(12(18)19)7-8(2)3/h5-6,8-10H,4,7H2,1-3H3,(H,14,15)(H,18,19)(H2,16,17,20)/t9?,10-/m0/s1. The highest BCUT2D eigenvalue weighted by atomic mass is 16.4. The lowest BCUT2D eigenvalue weighted by Gasteiger charge is -2.20. The van der Waals surface area contributed by atoms with Crippen LogP contribution >= 0.6 is 0 Å². The van der Waals surface area contributed by atoms with Crippen LogP contribution in [0.2, 0.25) is 0 Å². The van der Waals surface area contributed by atoms with Crippen molar-refractivity contribution in [2.24, 2.45) is 5.92 Å². The van der Waals surface area contributed by atoms with Crippen molar-refractivity contribution in [2.45, 2.75) is 45.7 Å². The molecule has 2 amide bonds. The molecule has 7 nitrogen and oxygen atoms in total. The Hall–Kier alpha value is -2.05. The monoisotopic (exact) mass is 282 g/mol. The van der Waals surface area contributed by atoms with Gasteiger partial charge in [-0.2, -0.15) is 0 Å². The van der Waals surface area contributed by atoms with E-state index in [4.69, 9.17) is 5.11 Å². The number of carboxylic acids is 1. The first-order valence-corrected chi connectivity index (χ1v) is 6.73. The summed E-state index contributed by atoms with van der Waals surface area (Å²) in [5.74, 6) is -0.193. The second-order valence-electron chi connectivity index (χ2n) is 5.07. The number of rotatable bonds is 7. The van der Waals surface area contributed by atoms with Crippen LogP contribution in [-0.2, 0) is 4.79 Å². The number of carbonyl (C=O) groups excluding carboxylic acids is 1. The molecule has 112 valence electrons. The number of carboxylic acid groups (broad SMARTS) is 1. The lowest BCUT2D eigenvalue weighted by Crippen LogP contribution is -2.47. The Morgan fingerprint density at radius 3 is 2.55 bits per heavy atom. The number of hydrogen-bond donors (Lipinski definition) is 4. The van der Waals surface area contributed by atoms with Crippen LogP contribution in [0.25, 0.3) is 0 Å². The molecular weight excluding hydrogens is 260 g/mol. The topological polar surface area (TPSA) is 107 Å². The largest absolute Gasteiger partial charge is 0.480 e. The molecule has 0 saturated heterocycles. The molecule has 7 heteroatoms. The van der Waals surface area contributed by atoms with Gasteiger partial charge in [0, 0.05) is 12.4 Å². The van der Waals surface area contributed by atoms with Gasteiger partial charge in [-0.15, -0.1) is 0 Å². The van der Waals surface area contributed by atoms with Gasteiger partial charge in [0.05, 0.1) is 6.04 Å². The SMILES string of the molecule is CCC(NC(=O)N[C@@H](CC(C)C)C(=O)O)c1ncc[nH]1. The molecule has 0 fully saturated rings. The van der Waals surface area contributed by atoms with E-state index in [0.29, 0.717) is 18.7 Å². The maximum atomic E-state index is 11.9. The molecule has 1 aromatic heterocycles. The summed E-state index contributed by atoms with van der Waals surface area (Å²) in [7, 11) is 0. The zero-order valence-electron chi connectivity index (χ0n) is 12.0. The van der Waals surface area contributed by atoms with Crippen LogP contribution in [0.5, 0.6) is 0 Å². The van der Waals surface area contributed by atoms with Crippen LogP contribution in [0.1, 0.15) is 45.5 Å². The van der Waals surface area contributed by atoms with Crippen molar-refractivity contribution in [3.8, 4) is 0 Å². The van der Waals surface area contributed by atoms with Crippen molar-refractivity contribution in [2.75, 3.05) is 0 Å². The highest BCUT2D eigenvalue weighted by Gasteiger charge is 2.22. The smallest absolute Gasteiger partial charge is 0.326 e. The van der Waals surface area contributed by atoms with Crippen LogP contribution in [0.4, 0.5) is 4.79 Å². The number of aliphatic carboxylic acids is 1. The number of carbonyl (C=O) groups is 2. The third kappa shape index (κ3) is 4.91. The van der Waals surface area contributed by atoms with E-state index in [1.54, 1.807) is 12.4 Å². The molecule has 0 aromatic carbocycles. The van der Waals surface area contributed by atoms with Gasteiger partial charge in [-0.25, -0.2) is 14.6 Å². The van der Waals surface area contributed by atoms with Crippen LogP contribution in [-0.4, -0.2) is 33.1 Å². The van der Waals surface area contributed by atoms with Crippen LogP contribution in [0.15, 0.2) is 12.4 Å². The fraction of sp³-hybridized carbons (Fsp3) is 0.615. The summed E-state index contributed by atoms with van der Waals surface area (Å²) < 4.78 is 0. The van der Waals surface area contributed by atoms with E-state index in [1.165, 1.54) is 0 Å². The molecule has 0 radical (unpaired) electrons. The number of hydrogen-bond acceptors (Lipinski definition) is 3. The maximum Gasteiger partial charge on any atom is 0.326 e. The first-order valence-electron chi connectivity index (χ1n) is 6.73. The molecule has 0 saturated carbocycles. The lowest BCUT2D eigenvalue weighted by molar-refractivity contribution is -0.139. The van der Waals surface area contributed by atoms with Gasteiger partial charge in [0.2, 0.25) is 0 Å². The average Bonchev–Trinajstić information content (AvgIpc) is 2.88. The number of amides is 2. The summed E-state index contributed by atoms with van der Waals surface area (Å²) in [6.45, 7) is 5.73. The maximum absolute atomic E-state index is 11.9. The Morgan fingerprint density at radius 2 is 2.10 bits per heavy atom. The second-order valence-corrected chi connectivity index (χ2v) is 5.07. The molecule has 1 aromatic rings. The number of nitrogens with zero attached hydrogens (tertiary/aromatic N) is 1. The van der Waals surface area contributed by atoms with Crippen molar-refractivity contribution in [3.05, 3.63) is 18.2 Å². The van der Waals surface area contributed by atoms with Crippen molar-refractivity contribution >= 4 is 12.0 Å². The molecule has 1 unspecified atom stereocenters. The number of aromatic amines is 1. The fourth-order valence-electron chi connectivity index (χ4n) is 1.88. The van der Waals surface area contributed by atoms with E-state index in [0.717, 1.165) is 0 Å². The van der Waals surface area contributed by atoms with E-state index in [-0.39, 0.29) is 12.0 Å². The Bertz CT molecular complexity index is 431. The minimum Gasteiger partial charge on any atom is -0.480 e. The zero-order valence-corrected chi connectivity index (χ0v) is 12.0. The number of imidazole rings is 1. The van der Waals surface area contributed by atoms with Gasteiger partial charge in [0.15, 0.2) is 0 Å². The molecular formula is C13H22N4O3. The minimum absolute atomic E-state index is 0.184. The highest BCUT2D eigenvalue weighted by Crippen LogP contribution is 2.11. The molecule has 0 spiro atoms. The Kier molecular flexibility index (Phi) is 6.02. The van der Waals surface area contributed by atoms with Gasteiger partial charge in [-0.1, -0.05) is 20.8 Å². The summed E-state index contributed by atoms with van der Waals surface area (Å²) in [5.41, 5.74) is 0. The third-order valence-corrected chi connectivity index (χ3v) is 2.87. The number of H-pyrrole nitrogens is 1. The second kappa shape index (κ2) is 7.52. The molecule has 1 heterocycles. The molecule has 4 N–H and O–H groups in total. The van der Waals surface area contributed by atoms with Gasteiger partial charge in [0.1, 0.15) is 11.9 Å². The van der Waals surface area contributed by atoms with Crippen LogP contribution in [0, 0.1) is 5.92 Å². The van der Waals surface area contributed by atoms with Gasteiger partial charge >= 0.3 is 12.0 Å². The fourth-order valence-corrected chi connectivity index (χ4v) is 1.88. The quantitative estimate of drug-likeness (QED) is 0.610. The molecule has 2 atom stereocenters. The highest BCUT2D eigenvalue weighted by molar-refractivity contribution is 5.82. The predicted molar refractivity (Wildman–Crippen MR) is 74.2 cm³/mol. The Balaban J connectivity index is 2.58. The molecule has 0 bridgehead atoms. The molecule has 1 rings (SSSR count). The van der Waals surface area contributed by atoms with E-state index in [1.807, 2.05) is 20.8 Å². The van der Waals surface area contributed by atoms with E-state index < -0.39 is 18.0 Å². The van der Waals surface area contributed by atoms with Crippen molar-refractivity contribution in [1.29, 1.82) is 0 Å². The van der Waals surface area contributed by atoms with Gasteiger partial charge in [0.25, 0.3) is 0 Å². The average molecular weight is 282 g/mol. The first kappa shape index (κ1) is 16.0. The zero-order chi connectivity index (χ0) is 15.1. The summed E-state index contributed by atoms with van der Waals surface area (Å²) in [4.78, 5) is 30.0. The van der Waals surface area contributed by atoms with Gasteiger partial charge < -0.3 is 20.7 Å². The lowest BCUT2D eigenvalue weighted by atomic mass is 10.0. The summed E-state index contributed by atoms with van der Waals surface area (Å²) in [6, 6.07) is -1.65. The molecule has 0 aliphatic heterocycles. The number of urea groups is 1. The van der Waals surface area contributed by atoms with E-state index >= 15 is 0 Å². The van der Waals surface area contributed by atoms with E-state index in [2.05, 4.69) is 20.6 Å². The Morgan fingerprint density at radius 1 is 1.40 bits per heavy atom. The Labute approximate surface area is 118 Å². The third-order valence-electron chi connectivity index (χ3n) is 2.87. The van der Waals surface area contributed by atoms with Crippen molar-refractivity contribution in [3.63, 3.8) is 0 Å². The van der Waals surface area contributed by atoms with E-state index in [9.17, 15) is 9.59 Å². The van der Waals surface area contributed by atoms with Crippen molar-refractivity contribution < 1.29 is 14.7 Å².